The number of carbonyl (C=O) groups is 2. The molecule has 0 fully saturated rings. The van der Waals surface area contributed by atoms with Gasteiger partial charge in [0, 0.05) is 29.4 Å². The number of hydrogen-bond acceptors (Lipinski definition) is 6. The van der Waals surface area contributed by atoms with Crippen molar-refractivity contribution in [1.82, 2.24) is 9.99 Å². The Hall–Kier alpha value is -3.65. The molecule has 1 N–H and O–H groups in total. The lowest BCUT2D eigenvalue weighted by atomic mass is 9.98. The van der Waals surface area contributed by atoms with E-state index >= 15 is 0 Å². The van der Waals surface area contributed by atoms with Gasteiger partial charge in [-0.1, -0.05) is 23.7 Å². The van der Waals surface area contributed by atoms with E-state index in [1.807, 2.05) is 55.5 Å². The van der Waals surface area contributed by atoms with E-state index in [4.69, 9.17) is 26.2 Å². The molecule has 1 aromatic heterocycles. The molecule has 2 aromatic carbocycles. The maximum Gasteiger partial charge on any atom is 0.303 e. The first kappa shape index (κ1) is 23.5. The van der Waals surface area contributed by atoms with Crippen molar-refractivity contribution < 1.29 is 24.2 Å². The van der Waals surface area contributed by atoms with Gasteiger partial charge in [-0.3, -0.25) is 9.59 Å². The standard InChI is InChI=1S/C25H24ClN3O5/c1-3-34-18-7-8-20-16(12-18)13-19(25(26)27-20)22-14-21(15-5-4-6-17(11-15)33-2)28-29(22)23(30)9-10-24(31)32/h4-8,11-13,22H,3,9-10,14H2,1-2H3,(H,31,32)/t22-/m1/s1. The van der Waals surface area contributed by atoms with E-state index in [0.29, 0.717) is 41.3 Å². The summed E-state index contributed by atoms with van der Waals surface area (Å²) in [6, 6.07) is 14.3. The molecule has 0 aliphatic carbocycles. The van der Waals surface area contributed by atoms with Gasteiger partial charge in [0.05, 0.1) is 37.4 Å². The highest BCUT2D eigenvalue weighted by Crippen LogP contribution is 2.38. The zero-order chi connectivity index (χ0) is 24.2. The molecule has 0 saturated heterocycles. The summed E-state index contributed by atoms with van der Waals surface area (Å²) in [5.74, 6) is -0.0695. The van der Waals surface area contributed by atoms with E-state index in [-0.39, 0.29) is 18.0 Å². The Morgan fingerprint density at radius 2 is 1.97 bits per heavy atom. The molecule has 0 saturated carbocycles. The van der Waals surface area contributed by atoms with Gasteiger partial charge >= 0.3 is 5.97 Å². The fourth-order valence-corrected chi connectivity index (χ4v) is 4.20. The highest BCUT2D eigenvalue weighted by atomic mass is 35.5. The van der Waals surface area contributed by atoms with Crippen LogP contribution in [0.1, 0.15) is 43.4 Å². The molecule has 0 unspecified atom stereocenters. The monoisotopic (exact) mass is 481 g/mol. The Labute approximate surface area is 201 Å². The topological polar surface area (TPSA) is 101 Å². The highest BCUT2D eigenvalue weighted by Gasteiger charge is 2.35. The lowest BCUT2D eigenvalue weighted by Crippen LogP contribution is -2.27. The quantitative estimate of drug-likeness (QED) is 0.462. The molecule has 0 radical (unpaired) electrons. The number of methoxy groups -OCH3 is 1. The molecular formula is C25H24ClN3O5. The van der Waals surface area contributed by atoms with E-state index in [0.717, 1.165) is 10.9 Å². The molecular weight excluding hydrogens is 458 g/mol. The average molecular weight is 482 g/mol. The Morgan fingerprint density at radius 1 is 1.15 bits per heavy atom. The van der Waals surface area contributed by atoms with Crippen molar-refractivity contribution in [2.45, 2.75) is 32.2 Å². The molecule has 9 heteroatoms. The number of carbonyl (C=O) groups excluding carboxylic acids is 1. The molecule has 0 bridgehead atoms. The van der Waals surface area contributed by atoms with Crippen LogP contribution in [0, 0.1) is 0 Å². The van der Waals surface area contributed by atoms with Crippen LogP contribution in [0.3, 0.4) is 0 Å². The van der Waals surface area contributed by atoms with Crippen LogP contribution in [0.5, 0.6) is 11.5 Å². The molecule has 1 amide bonds. The molecule has 4 rings (SSSR count). The van der Waals surface area contributed by atoms with Crippen LogP contribution in [-0.4, -0.2) is 46.4 Å². The number of nitrogens with zero attached hydrogens (tertiary/aromatic N) is 3. The number of hydrazone groups is 1. The minimum absolute atomic E-state index is 0.173. The third-order valence-electron chi connectivity index (χ3n) is 5.56. The Kier molecular flexibility index (Phi) is 6.98. The van der Waals surface area contributed by atoms with Gasteiger partial charge in [-0.2, -0.15) is 5.10 Å². The second-order valence-electron chi connectivity index (χ2n) is 7.79. The van der Waals surface area contributed by atoms with Gasteiger partial charge in [-0.15, -0.1) is 0 Å². The van der Waals surface area contributed by atoms with Gasteiger partial charge in [0.15, 0.2) is 0 Å². The van der Waals surface area contributed by atoms with Crippen LogP contribution in [0.15, 0.2) is 53.6 Å². The molecule has 176 valence electrons. The number of aliphatic carboxylic acids is 1. The van der Waals surface area contributed by atoms with Crippen molar-refractivity contribution in [3.8, 4) is 11.5 Å². The summed E-state index contributed by atoms with van der Waals surface area (Å²) < 4.78 is 10.9. The summed E-state index contributed by atoms with van der Waals surface area (Å²) in [6.45, 7) is 2.44. The first-order valence-corrected chi connectivity index (χ1v) is 11.3. The van der Waals surface area contributed by atoms with E-state index in [1.165, 1.54) is 5.01 Å². The van der Waals surface area contributed by atoms with E-state index in [2.05, 4.69) is 10.1 Å². The number of pyridine rings is 1. The maximum absolute atomic E-state index is 13.0. The second kappa shape index (κ2) is 10.1. The molecule has 2 heterocycles. The number of fused-ring (bicyclic) bond motifs is 1. The lowest BCUT2D eigenvalue weighted by molar-refractivity contribution is -0.141. The summed E-state index contributed by atoms with van der Waals surface area (Å²) >= 11 is 6.58. The number of aromatic nitrogens is 1. The number of amides is 1. The van der Waals surface area contributed by atoms with Gasteiger partial charge in [0.1, 0.15) is 16.7 Å². The lowest BCUT2D eigenvalue weighted by Gasteiger charge is -2.23. The smallest absolute Gasteiger partial charge is 0.303 e. The largest absolute Gasteiger partial charge is 0.497 e. The van der Waals surface area contributed by atoms with Crippen LogP contribution in [0.4, 0.5) is 0 Å². The Morgan fingerprint density at radius 3 is 2.71 bits per heavy atom. The Balaban J connectivity index is 1.74. The number of rotatable bonds is 8. The van der Waals surface area contributed by atoms with Crippen LogP contribution < -0.4 is 9.47 Å². The molecule has 3 aromatic rings. The fraction of sp³-hybridized carbons (Fsp3) is 0.280. The molecule has 1 atom stereocenters. The van der Waals surface area contributed by atoms with Crippen molar-refractivity contribution in [3.63, 3.8) is 0 Å². The average Bonchev–Trinajstić information content (AvgIpc) is 3.28. The maximum atomic E-state index is 13.0. The predicted octanol–water partition coefficient (Wildman–Crippen LogP) is 4.84. The molecule has 1 aliphatic rings. The number of ether oxygens (including phenoxy) is 2. The molecule has 0 spiro atoms. The predicted molar refractivity (Wildman–Crippen MR) is 129 cm³/mol. The first-order chi connectivity index (χ1) is 16.4. The molecule has 1 aliphatic heterocycles. The van der Waals surface area contributed by atoms with Crippen molar-refractivity contribution in [1.29, 1.82) is 0 Å². The number of carboxylic acids is 1. The Bertz CT molecular complexity index is 1280. The number of halogens is 1. The van der Waals surface area contributed by atoms with Crippen LogP contribution in [-0.2, 0) is 9.59 Å². The van der Waals surface area contributed by atoms with Crippen molar-refractivity contribution in [3.05, 3.63) is 64.8 Å². The zero-order valence-electron chi connectivity index (χ0n) is 18.8. The van der Waals surface area contributed by atoms with Gasteiger partial charge in [0.2, 0.25) is 5.91 Å². The number of hydrogen-bond donors (Lipinski definition) is 1. The fourth-order valence-electron chi connectivity index (χ4n) is 3.93. The van der Waals surface area contributed by atoms with E-state index < -0.39 is 17.9 Å². The third-order valence-corrected chi connectivity index (χ3v) is 5.86. The SMILES string of the molecule is CCOc1ccc2nc(Cl)c([C@H]3CC(c4cccc(OC)c4)=NN3C(=O)CCC(=O)O)cc2c1. The number of benzene rings is 2. The summed E-state index contributed by atoms with van der Waals surface area (Å²) in [5.41, 5.74) is 2.81. The minimum atomic E-state index is -1.05. The van der Waals surface area contributed by atoms with E-state index in [1.54, 1.807) is 7.11 Å². The summed E-state index contributed by atoms with van der Waals surface area (Å²) in [5, 5.41) is 16.0. The van der Waals surface area contributed by atoms with E-state index in [9.17, 15) is 9.59 Å². The highest BCUT2D eigenvalue weighted by molar-refractivity contribution is 6.30. The third kappa shape index (κ3) is 4.97. The summed E-state index contributed by atoms with van der Waals surface area (Å²) in [4.78, 5) is 28.6. The molecule has 8 nitrogen and oxygen atoms in total. The van der Waals surface area contributed by atoms with Gasteiger partial charge in [-0.25, -0.2) is 9.99 Å². The van der Waals surface area contributed by atoms with Crippen molar-refractivity contribution in [2.75, 3.05) is 13.7 Å². The normalized spacial score (nSPS) is 15.3. The minimum Gasteiger partial charge on any atom is -0.497 e. The van der Waals surface area contributed by atoms with Gasteiger partial charge in [0.25, 0.3) is 0 Å². The van der Waals surface area contributed by atoms with Crippen LogP contribution in [0.25, 0.3) is 10.9 Å². The summed E-state index contributed by atoms with van der Waals surface area (Å²) in [6.07, 6.45) is -0.0641. The van der Waals surface area contributed by atoms with Crippen LogP contribution in [0.2, 0.25) is 5.15 Å². The summed E-state index contributed by atoms with van der Waals surface area (Å²) in [7, 11) is 1.58. The van der Waals surface area contributed by atoms with Crippen molar-refractivity contribution >= 4 is 40.1 Å². The van der Waals surface area contributed by atoms with Crippen molar-refractivity contribution in [2.24, 2.45) is 5.10 Å². The van der Waals surface area contributed by atoms with Gasteiger partial charge in [-0.05, 0) is 43.3 Å². The zero-order valence-corrected chi connectivity index (χ0v) is 19.6. The van der Waals surface area contributed by atoms with Gasteiger partial charge < -0.3 is 14.6 Å². The number of carboxylic acid groups (broad SMARTS) is 1. The van der Waals surface area contributed by atoms with Crippen LogP contribution >= 0.6 is 11.6 Å². The first-order valence-electron chi connectivity index (χ1n) is 10.9. The molecule has 34 heavy (non-hydrogen) atoms. The second-order valence-corrected chi connectivity index (χ2v) is 8.14.